The van der Waals surface area contributed by atoms with E-state index in [1.807, 2.05) is 18.6 Å². The quantitative estimate of drug-likeness (QED) is 0.928. The maximum atomic E-state index is 10.7. The van der Waals surface area contributed by atoms with Gasteiger partial charge in [-0.05, 0) is 54.2 Å². The Hall–Kier alpha value is -1.48. The summed E-state index contributed by atoms with van der Waals surface area (Å²) in [6.45, 7) is 4.67. The molecule has 2 aliphatic carbocycles. The Bertz CT molecular complexity index is 654. The molecule has 0 fully saturated rings. The number of hydrogen-bond donors (Lipinski definition) is 1. The second-order valence-electron chi connectivity index (χ2n) is 7.42. The highest BCUT2D eigenvalue weighted by Crippen LogP contribution is 2.56. The number of rotatable bonds is 3. The second-order valence-corrected chi connectivity index (χ2v) is 7.42. The van der Waals surface area contributed by atoms with Gasteiger partial charge >= 0.3 is 0 Å². The third-order valence-electron chi connectivity index (χ3n) is 6.26. The summed E-state index contributed by atoms with van der Waals surface area (Å²) in [7, 11) is 0. The Morgan fingerprint density at radius 1 is 1.36 bits per heavy atom. The molecule has 118 valence electrons. The van der Waals surface area contributed by atoms with Gasteiger partial charge in [0.15, 0.2) is 0 Å². The first-order valence-electron chi connectivity index (χ1n) is 8.38. The summed E-state index contributed by atoms with van der Waals surface area (Å²) < 4.78 is 11.0. The van der Waals surface area contributed by atoms with Crippen molar-refractivity contribution in [3.05, 3.63) is 47.3 Å². The van der Waals surface area contributed by atoms with Crippen LogP contribution in [0, 0.1) is 11.3 Å². The van der Waals surface area contributed by atoms with Crippen molar-refractivity contribution in [1.82, 2.24) is 0 Å². The highest BCUT2D eigenvalue weighted by atomic mass is 16.3. The predicted molar refractivity (Wildman–Crippen MR) is 83.8 cm³/mol. The van der Waals surface area contributed by atoms with Crippen molar-refractivity contribution in [1.29, 1.82) is 0 Å². The minimum atomic E-state index is -0.249. The molecule has 2 aromatic rings. The molecule has 0 radical (unpaired) electrons. The summed E-state index contributed by atoms with van der Waals surface area (Å²) >= 11 is 0. The van der Waals surface area contributed by atoms with E-state index in [1.165, 1.54) is 16.7 Å². The highest BCUT2D eigenvalue weighted by molar-refractivity contribution is 5.40. The van der Waals surface area contributed by atoms with Crippen molar-refractivity contribution in [2.24, 2.45) is 11.3 Å². The van der Waals surface area contributed by atoms with E-state index in [0.29, 0.717) is 5.92 Å². The van der Waals surface area contributed by atoms with Gasteiger partial charge in [-0.2, -0.15) is 0 Å². The molecule has 2 aromatic heterocycles. The van der Waals surface area contributed by atoms with Crippen molar-refractivity contribution >= 4 is 0 Å². The summed E-state index contributed by atoms with van der Waals surface area (Å²) in [5.41, 5.74) is 4.00. The molecule has 0 saturated heterocycles. The molecule has 2 aliphatic rings. The fourth-order valence-corrected chi connectivity index (χ4v) is 4.67. The summed E-state index contributed by atoms with van der Waals surface area (Å²) in [6.07, 6.45) is 10.1. The summed E-state index contributed by atoms with van der Waals surface area (Å²) in [6, 6.07) is 2.04. The van der Waals surface area contributed by atoms with Crippen molar-refractivity contribution < 1.29 is 13.9 Å². The molecule has 22 heavy (non-hydrogen) atoms. The zero-order valence-corrected chi connectivity index (χ0v) is 13.3. The zero-order valence-electron chi connectivity index (χ0n) is 13.3. The summed E-state index contributed by atoms with van der Waals surface area (Å²) in [4.78, 5) is 0. The molecule has 4 atom stereocenters. The van der Waals surface area contributed by atoms with Gasteiger partial charge in [0.05, 0.1) is 24.9 Å². The molecule has 0 spiro atoms. The van der Waals surface area contributed by atoms with Gasteiger partial charge in [-0.1, -0.05) is 13.8 Å². The van der Waals surface area contributed by atoms with E-state index in [-0.39, 0.29) is 17.4 Å². The third-order valence-corrected chi connectivity index (χ3v) is 6.26. The number of hydrogen-bond acceptors (Lipinski definition) is 3. The Morgan fingerprint density at radius 2 is 2.23 bits per heavy atom. The molecule has 0 amide bonds. The lowest BCUT2D eigenvalue weighted by Gasteiger charge is -2.49. The van der Waals surface area contributed by atoms with E-state index in [0.717, 1.165) is 37.9 Å². The van der Waals surface area contributed by atoms with Crippen LogP contribution in [0.4, 0.5) is 0 Å². The second kappa shape index (κ2) is 5.02. The van der Waals surface area contributed by atoms with E-state index >= 15 is 0 Å². The SMILES string of the molecule is C[C@@H]1Cc2occ3c2[C@H]([C@@H](O)CC3)[C@@]1(C)CCc1ccoc1. The summed E-state index contributed by atoms with van der Waals surface area (Å²) in [5.74, 6) is 1.83. The molecular formula is C19H24O3. The fourth-order valence-electron chi connectivity index (χ4n) is 4.67. The molecule has 2 heterocycles. The molecule has 0 saturated carbocycles. The average molecular weight is 300 g/mol. The minimum absolute atomic E-state index is 0.0999. The van der Waals surface area contributed by atoms with E-state index < -0.39 is 0 Å². The van der Waals surface area contributed by atoms with E-state index in [9.17, 15) is 5.11 Å². The minimum Gasteiger partial charge on any atom is -0.472 e. The zero-order chi connectivity index (χ0) is 15.3. The van der Waals surface area contributed by atoms with Crippen LogP contribution in [0.15, 0.2) is 33.7 Å². The van der Waals surface area contributed by atoms with Crippen LogP contribution in [-0.2, 0) is 19.3 Å². The van der Waals surface area contributed by atoms with Gasteiger partial charge in [-0.25, -0.2) is 0 Å². The van der Waals surface area contributed by atoms with Crippen LogP contribution in [0.5, 0.6) is 0 Å². The normalized spacial score (nSPS) is 33.7. The van der Waals surface area contributed by atoms with Gasteiger partial charge in [-0.3, -0.25) is 0 Å². The molecule has 3 heteroatoms. The largest absolute Gasteiger partial charge is 0.472 e. The maximum Gasteiger partial charge on any atom is 0.107 e. The molecule has 0 aromatic carbocycles. The van der Waals surface area contributed by atoms with Crippen molar-refractivity contribution in [3.63, 3.8) is 0 Å². The molecule has 0 unspecified atom stereocenters. The van der Waals surface area contributed by atoms with Gasteiger partial charge in [0.25, 0.3) is 0 Å². The number of aliphatic hydroxyl groups excluding tert-OH is 1. The van der Waals surface area contributed by atoms with Crippen LogP contribution < -0.4 is 0 Å². The fraction of sp³-hybridized carbons (Fsp3) is 0.579. The molecule has 1 N–H and O–H groups in total. The van der Waals surface area contributed by atoms with Crippen LogP contribution in [0.2, 0.25) is 0 Å². The van der Waals surface area contributed by atoms with Gasteiger partial charge < -0.3 is 13.9 Å². The van der Waals surface area contributed by atoms with Crippen LogP contribution >= 0.6 is 0 Å². The van der Waals surface area contributed by atoms with E-state index in [1.54, 1.807) is 6.26 Å². The van der Waals surface area contributed by atoms with Gasteiger partial charge in [0.1, 0.15) is 5.76 Å². The highest BCUT2D eigenvalue weighted by Gasteiger charge is 2.50. The Kier molecular flexibility index (Phi) is 3.23. The first-order valence-corrected chi connectivity index (χ1v) is 8.38. The maximum absolute atomic E-state index is 10.7. The first-order chi connectivity index (χ1) is 10.6. The molecule has 0 bridgehead atoms. The lowest BCUT2D eigenvalue weighted by atomic mass is 9.55. The van der Waals surface area contributed by atoms with Crippen molar-refractivity contribution in [2.75, 3.05) is 0 Å². The predicted octanol–water partition coefficient (Wildman–Crippen LogP) is 4.09. The average Bonchev–Trinajstić information content (AvgIpc) is 3.14. The standard InChI is InChI=1S/C19H24O3/c1-12-9-16-17-14(11-22-16)3-4-15(20)18(17)19(12,2)7-5-13-6-8-21-10-13/h6,8,10-12,15,18,20H,3-5,7,9H2,1-2H3/t12-,15+,18+,19+/m1/s1. The topological polar surface area (TPSA) is 46.5 Å². The van der Waals surface area contributed by atoms with Crippen molar-refractivity contribution in [2.45, 2.75) is 58.0 Å². The van der Waals surface area contributed by atoms with Crippen LogP contribution in [0.3, 0.4) is 0 Å². The third kappa shape index (κ3) is 1.98. The Balaban J connectivity index is 1.70. The molecule has 4 rings (SSSR count). The van der Waals surface area contributed by atoms with Crippen LogP contribution in [-0.4, -0.2) is 11.2 Å². The van der Waals surface area contributed by atoms with E-state index in [2.05, 4.69) is 13.8 Å². The van der Waals surface area contributed by atoms with Gasteiger partial charge in [0, 0.05) is 17.9 Å². The smallest absolute Gasteiger partial charge is 0.107 e. The first kappa shape index (κ1) is 14.1. The molecular weight excluding hydrogens is 276 g/mol. The lowest BCUT2D eigenvalue weighted by Crippen LogP contribution is -2.45. The molecule has 3 nitrogen and oxygen atoms in total. The monoisotopic (exact) mass is 300 g/mol. The Morgan fingerprint density at radius 3 is 3.00 bits per heavy atom. The number of aliphatic hydroxyl groups is 1. The van der Waals surface area contributed by atoms with Gasteiger partial charge in [0.2, 0.25) is 0 Å². The Labute approximate surface area is 131 Å². The van der Waals surface area contributed by atoms with Crippen LogP contribution in [0.25, 0.3) is 0 Å². The number of aryl methyl sites for hydroxylation is 2. The van der Waals surface area contributed by atoms with Gasteiger partial charge in [-0.15, -0.1) is 0 Å². The summed E-state index contributed by atoms with van der Waals surface area (Å²) in [5, 5.41) is 10.7. The van der Waals surface area contributed by atoms with E-state index in [4.69, 9.17) is 8.83 Å². The van der Waals surface area contributed by atoms with Crippen molar-refractivity contribution in [3.8, 4) is 0 Å². The van der Waals surface area contributed by atoms with Crippen LogP contribution in [0.1, 0.15) is 55.1 Å². The lowest BCUT2D eigenvalue weighted by molar-refractivity contribution is 0.0114. The molecule has 0 aliphatic heterocycles. The number of furan rings is 2.